The van der Waals surface area contributed by atoms with Gasteiger partial charge in [-0.2, -0.15) is 0 Å². The second-order valence-corrected chi connectivity index (χ2v) is 8.84. The molecule has 0 unspecified atom stereocenters. The summed E-state index contributed by atoms with van der Waals surface area (Å²) in [5, 5.41) is 3.07. The van der Waals surface area contributed by atoms with Gasteiger partial charge >= 0.3 is 5.97 Å². The number of amides is 1. The molecule has 2 rings (SSSR count). The Balaban J connectivity index is 1.75. The lowest BCUT2D eigenvalue weighted by atomic mass is 10.1. The van der Waals surface area contributed by atoms with Gasteiger partial charge in [0.15, 0.2) is 21.7 Å². The monoisotopic (exact) mass is 401 g/mol. The van der Waals surface area contributed by atoms with E-state index in [4.69, 9.17) is 16.3 Å². The minimum absolute atomic E-state index is 0.0406. The SMILES string of the molecule is C[C@H](OC(=O)CCC(=O)c1ccc(Cl)cc1)C(=O)N[C@H]1CCS(=O)(=O)C1. The fourth-order valence-electron chi connectivity index (χ4n) is 2.53. The van der Waals surface area contributed by atoms with Crippen LogP contribution in [0.1, 0.15) is 36.5 Å². The van der Waals surface area contributed by atoms with Crippen molar-refractivity contribution in [1.82, 2.24) is 5.32 Å². The number of hydrogen-bond acceptors (Lipinski definition) is 6. The van der Waals surface area contributed by atoms with Crippen molar-refractivity contribution in [3.63, 3.8) is 0 Å². The van der Waals surface area contributed by atoms with Gasteiger partial charge in [-0.1, -0.05) is 11.6 Å². The molecule has 1 aliphatic heterocycles. The van der Waals surface area contributed by atoms with Crippen molar-refractivity contribution in [2.75, 3.05) is 11.5 Å². The zero-order chi connectivity index (χ0) is 19.3. The summed E-state index contributed by atoms with van der Waals surface area (Å²) >= 11 is 5.75. The Labute approximate surface area is 157 Å². The van der Waals surface area contributed by atoms with Crippen LogP contribution in [0.2, 0.25) is 5.02 Å². The molecule has 9 heteroatoms. The van der Waals surface area contributed by atoms with Crippen LogP contribution >= 0.6 is 11.6 Å². The molecule has 0 spiro atoms. The molecule has 1 N–H and O–H groups in total. The maximum atomic E-state index is 12.0. The number of benzene rings is 1. The third kappa shape index (κ3) is 6.10. The number of halogens is 1. The smallest absolute Gasteiger partial charge is 0.307 e. The molecule has 1 fully saturated rings. The van der Waals surface area contributed by atoms with E-state index < -0.39 is 33.9 Å². The highest BCUT2D eigenvalue weighted by molar-refractivity contribution is 7.91. The van der Waals surface area contributed by atoms with Gasteiger partial charge in [0.05, 0.1) is 17.9 Å². The van der Waals surface area contributed by atoms with Crippen LogP contribution in [0.3, 0.4) is 0 Å². The minimum Gasteiger partial charge on any atom is -0.453 e. The molecule has 0 aromatic heterocycles. The maximum Gasteiger partial charge on any atom is 0.307 e. The van der Waals surface area contributed by atoms with E-state index in [1.807, 2.05) is 0 Å². The van der Waals surface area contributed by atoms with Crippen molar-refractivity contribution in [2.24, 2.45) is 0 Å². The quantitative estimate of drug-likeness (QED) is 0.548. The van der Waals surface area contributed by atoms with Gasteiger partial charge in [0.1, 0.15) is 0 Å². The summed E-state index contributed by atoms with van der Waals surface area (Å²) in [5.74, 6) is -1.51. The zero-order valence-corrected chi connectivity index (χ0v) is 15.8. The predicted octanol–water partition coefficient (Wildman–Crippen LogP) is 1.54. The molecular weight excluding hydrogens is 382 g/mol. The fraction of sp³-hybridized carbons (Fsp3) is 0.471. The highest BCUT2D eigenvalue weighted by Crippen LogP contribution is 2.13. The van der Waals surface area contributed by atoms with Crippen molar-refractivity contribution in [3.05, 3.63) is 34.9 Å². The molecule has 7 nitrogen and oxygen atoms in total. The molecule has 26 heavy (non-hydrogen) atoms. The van der Waals surface area contributed by atoms with Crippen LogP contribution in [0.4, 0.5) is 0 Å². The Morgan fingerprint density at radius 1 is 1.23 bits per heavy atom. The molecule has 1 aromatic rings. The number of carbonyl (C=O) groups is 3. The lowest BCUT2D eigenvalue weighted by Crippen LogP contribution is -2.42. The molecule has 0 radical (unpaired) electrons. The normalized spacial score (nSPS) is 19.5. The van der Waals surface area contributed by atoms with E-state index in [-0.39, 0.29) is 30.1 Å². The number of ether oxygens (including phenoxy) is 1. The van der Waals surface area contributed by atoms with E-state index in [2.05, 4.69) is 5.32 Å². The summed E-state index contributed by atoms with van der Waals surface area (Å²) in [6, 6.07) is 5.86. The average molecular weight is 402 g/mol. The molecule has 1 heterocycles. The lowest BCUT2D eigenvalue weighted by Gasteiger charge is -2.16. The summed E-state index contributed by atoms with van der Waals surface area (Å²) in [5.41, 5.74) is 0.440. The molecule has 1 aliphatic rings. The van der Waals surface area contributed by atoms with Crippen LogP contribution in [-0.4, -0.2) is 49.7 Å². The number of carbonyl (C=O) groups excluding carboxylic acids is 3. The molecule has 142 valence electrons. The fourth-order valence-corrected chi connectivity index (χ4v) is 4.33. The van der Waals surface area contributed by atoms with Gasteiger partial charge in [-0.15, -0.1) is 0 Å². The maximum absolute atomic E-state index is 12.0. The second-order valence-electron chi connectivity index (χ2n) is 6.17. The number of hydrogen-bond donors (Lipinski definition) is 1. The number of nitrogens with one attached hydrogen (secondary N) is 1. The van der Waals surface area contributed by atoms with E-state index in [1.165, 1.54) is 6.92 Å². The number of rotatable bonds is 7. The van der Waals surface area contributed by atoms with Crippen LogP contribution in [0.15, 0.2) is 24.3 Å². The minimum atomic E-state index is -3.11. The van der Waals surface area contributed by atoms with Crippen molar-refractivity contribution in [3.8, 4) is 0 Å². The first-order valence-corrected chi connectivity index (χ1v) is 10.4. The Kier molecular flexibility index (Phi) is 6.77. The summed E-state index contributed by atoms with van der Waals surface area (Å²) in [4.78, 5) is 35.8. The topological polar surface area (TPSA) is 107 Å². The number of ketones is 1. The third-order valence-corrected chi connectivity index (χ3v) is 6.00. The van der Waals surface area contributed by atoms with Gasteiger partial charge in [0, 0.05) is 23.0 Å². The van der Waals surface area contributed by atoms with Crippen molar-refractivity contribution in [2.45, 2.75) is 38.3 Å². The molecule has 1 aromatic carbocycles. The van der Waals surface area contributed by atoms with Crippen LogP contribution < -0.4 is 5.32 Å². The van der Waals surface area contributed by atoms with Gasteiger partial charge in [-0.25, -0.2) is 8.42 Å². The average Bonchev–Trinajstić information content (AvgIpc) is 2.91. The zero-order valence-electron chi connectivity index (χ0n) is 14.2. The van der Waals surface area contributed by atoms with E-state index in [0.717, 1.165) is 0 Å². The largest absolute Gasteiger partial charge is 0.453 e. The van der Waals surface area contributed by atoms with Gasteiger partial charge in [0.25, 0.3) is 5.91 Å². The van der Waals surface area contributed by atoms with Crippen LogP contribution in [0.5, 0.6) is 0 Å². The molecule has 0 saturated carbocycles. The summed E-state index contributed by atoms with van der Waals surface area (Å²) in [6.07, 6.45) is -0.909. The van der Waals surface area contributed by atoms with E-state index >= 15 is 0 Å². The van der Waals surface area contributed by atoms with Crippen LogP contribution in [-0.2, 0) is 24.2 Å². The van der Waals surface area contributed by atoms with Crippen molar-refractivity contribution in [1.29, 1.82) is 0 Å². The molecule has 2 atom stereocenters. The lowest BCUT2D eigenvalue weighted by molar-refractivity contribution is -0.154. The van der Waals surface area contributed by atoms with Crippen LogP contribution in [0.25, 0.3) is 0 Å². The molecule has 1 saturated heterocycles. The van der Waals surface area contributed by atoms with Gasteiger partial charge in [-0.3, -0.25) is 14.4 Å². The molecule has 1 amide bonds. The molecular formula is C17H20ClNO6S. The Morgan fingerprint density at radius 2 is 1.88 bits per heavy atom. The predicted molar refractivity (Wildman–Crippen MR) is 95.8 cm³/mol. The Hall–Kier alpha value is -1.93. The Morgan fingerprint density at radius 3 is 2.46 bits per heavy atom. The number of sulfone groups is 1. The first-order valence-electron chi connectivity index (χ1n) is 8.15. The van der Waals surface area contributed by atoms with Gasteiger partial charge < -0.3 is 10.1 Å². The summed E-state index contributed by atoms with van der Waals surface area (Å²) in [7, 11) is -3.11. The summed E-state index contributed by atoms with van der Waals surface area (Å²) < 4.78 is 27.8. The molecule has 0 bridgehead atoms. The number of esters is 1. The highest BCUT2D eigenvalue weighted by Gasteiger charge is 2.30. The van der Waals surface area contributed by atoms with Crippen LogP contribution in [0, 0.1) is 0 Å². The van der Waals surface area contributed by atoms with Crippen molar-refractivity contribution < 1.29 is 27.5 Å². The summed E-state index contributed by atoms with van der Waals surface area (Å²) in [6.45, 7) is 1.40. The number of Topliss-reactive ketones (excluding diaryl/α,β-unsaturated/α-hetero) is 1. The Bertz CT molecular complexity index is 790. The van der Waals surface area contributed by atoms with Gasteiger partial charge in [-0.05, 0) is 37.6 Å². The van der Waals surface area contributed by atoms with Crippen molar-refractivity contribution >= 4 is 39.1 Å². The van der Waals surface area contributed by atoms with E-state index in [1.54, 1.807) is 24.3 Å². The van der Waals surface area contributed by atoms with Gasteiger partial charge in [0.2, 0.25) is 0 Å². The first kappa shape index (κ1) is 20.4. The second kappa shape index (κ2) is 8.64. The molecule has 0 aliphatic carbocycles. The first-order chi connectivity index (χ1) is 12.2. The highest BCUT2D eigenvalue weighted by atomic mass is 35.5. The van der Waals surface area contributed by atoms with E-state index in [9.17, 15) is 22.8 Å². The standard InChI is InChI=1S/C17H20ClNO6S/c1-11(17(22)19-14-8-9-26(23,24)10-14)25-16(21)7-6-15(20)12-2-4-13(18)5-3-12/h2-5,11,14H,6-10H2,1H3,(H,19,22)/t11-,14-/m0/s1. The third-order valence-electron chi connectivity index (χ3n) is 3.98. The van der Waals surface area contributed by atoms with E-state index in [0.29, 0.717) is 17.0 Å².